The Bertz CT molecular complexity index is 3930. The highest BCUT2D eigenvalue weighted by atomic mass is 79.9. The van der Waals surface area contributed by atoms with Crippen LogP contribution in [0.4, 0.5) is 23.3 Å². The van der Waals surface area contributed by atoms with Crippen molar-refractivity contribution in [2.75, 3.05) is 85.2 Å². The van der Waals surface area contributed by atoms with Crippen LogP contribution in [-0.4, -0.2) is 148 Å². The zero-order valence-corrected chi connectivity index (χ0v) is 56.5. The molecule has 4 saturated heterocycles. The molecule has 15 rings (SSSR count). The van der Waals surface area contributed by atoms with Crippen LogP contribution in [0.2, 0.25) is 0 Å². The highest BCUT2D eigenvalue weighted by Gasteiger charge is 2.48. The molecule has 0 amide bonds. The number of carbonyl (C=O) groups is 3. The van der Waals surface area contributed by atoms with Gasteiger partial charge < -0.3 is 44.4 Å². The van der Waals surface area contributed by atoms with Gasteiger partial charge in [-0.3, -0.25) is 14.0 Å². The Balaban J connectivity index is 0.000000121. The number of anilines is 4. The summed E-state index contributed by atoms with van der Waals surface area (Å²) in [6.45, 7) is 31.9. The van der Waals surface area contributed by atoms with Crippen LogP contribution in [0, 0.1) is 75.0 Å². The first kappa shape index (κ1) is 65.1. The third-order valence-electron chi connectivity index (χ3n) is 19.5. The van der Waals surface area contributed by atoms with Crippen LogP contribution >= 0.6 is 15.9 Å². The maximum atomic E-state index is 12.2. The average Bonchev–Trinajstić information content (AvgIpc) is 1.66. The Kier molecular flexibility index (Phi) is 18.7. The minimum atomic E-state index is -1.31. The number of halogens is 1. The molecular weight excluding hydrogens is 1240 g/mol. The Morgan fingerprint density at radius 1 is 0.527 bits per heavy atom. The van der Waals surface area contributed by atoms with Crippen molar-refractivity contribution >= 4 is 62.7 Å². The lowest BCUT2D eigenvalue weighted by Crippen LogP contribution is -2.23. The first-order chi connectivity index (χ1) is 44.5. The fourth-order valence-corrected chi connectivity index (χ4v) is 14.1. The molecule has 8 atom stereocenters. The number of nitrogens with zero attached hydrogens (tertiary/aromatic N) is 14. The zero-order valence-electron chi connectivity index (χ0n) is 54.9. The molecule has 93 heavy (non-hydrogen) atoms. The number of carbonyl (C=O) groups excluding carboxylic acids is 2. The molecule has 3 N–H and O–H groups in total. The van der Waals surface area contributed by atoms with E-state index in [-0.39, 0.29) is 29.8 Å². The van der Waals surface area contributed by atoms with Crippen molar-refractivity contribution in [2.45, 2.75) is 120 Å². The first-order valence-corrected chi connectivity index (χ1v) is 33.6. The average molecular weight is 1330 g/mol. The molecule has 0 radical (unpaired) electrons. The number of aromatic carboxylic acids is 1. The number of aliphatic hydroxyl groups excluding tert-OH is 1. The third-order valence-corrected chi connectivity index (χ3v) is 20.1. The molecule has 4 saturated carbocycles. The molecule has 22 nitrogen and oxygen atoms in total. The van der Waals surface area contributed by atoms with E-state index in [2.05, 4.69) is 86.7 Å². The first-order valence-electron chi connectivity index (χ1n) is 32.8. The molecular formula is C70H87BrN14O8. The number of allylic oxidation sites excluding steroid dienone is 1. The molecule has 0 bridgehead atoms. The molecule has 11 heterocycles. The predicted molar refractivity (Wildman–Crippen MR) is 358 cm³/mol. The fourth-order valence-electron chi connectivity index (χ4n) is 13.7. The summed E-state index contributed by atoms with van der Waals surface area (Å²) in [4.78, 5) is 63.9. The molecule has 8 aliphatic rings. The molecule has 0 spiro atoms. The van der Waals surface area contributed by atoms with Crippen LogP contribution in [0.25, 0.3) is 5.57 Å². The number of fused-ring (bicyclic) bond motifs is 4. The number of hydrogen-bond acceptors (Lipinski definition) is 18. The van der Waals surface area contributed by atoms with Crippen molar-refractivity contribution in [1.29, 1.82) is 0 Å². The molecule has 4 aliphatic carbocycles. The fraction of sp³-hybridized carbons (Fsp3) is 0.514. The summed E-state index contributed by atoms with van der Waals surface area (Å²) in [6.07, 6.45) is 10.5. The summed E-state index contributed by atoms with van der Waals surface area (Å²) in [5.74, 6) is 9.56. The summed E-state index contributed by atoms with van der Waals surface area (Å²) in [6, 6.07) is 16.5. The van der Waals surface area contributed by atoms with E-state index in [1.54, 1.807) is 40.3 Å². The summed E-state index contributed by atoms with van der Waals surface area (Å²) >= 11 is 3.33. The standard InChI is InChI=1S/C21H26N4O2.C19H24N4O3.C18H21BrN4O2.C12H16N2O/c1-5-27-21(26)18-12-25(23-20(18)13(2)3)11-15-6-7-19(22-14(15)4)24-9-16-8-17(16)10-24;1-11-12(4-5-16(20-11)22-7-13-6-14(13)8-22)9-23-10-15(18(24)25)17(21-23)19(2,3)26;1-3-25-18(24)15-10-23(21-17(15)19)9-12-4-5-16(20-11(12)2)22-7-13-6-14(13)8-22;1-8-9(7-15)2-3-12(13-8)14-5-10-4-11(10)6-14/h6-7,12,16-17H,2,5,8-11H2,1,3-4H3;4-5,10,13-14,26H,6-9H2,1-3H3,(H,24,25);4-5,10,13-14H,3,6-9H2,1-2H3;2-3,10-11,15H,4-7H2,1H3. The van der Waals surface area contributed by atoms with Gasteiger partial charge in [-0.25, -0.2) is 34.3 Å². The smallest absolute Gasteiger partial charge is 0.342 e. The second-order valence-electron chi connectivity index (χ2n) is 27.3. The Morgan fingerprint density at radius 2 is 0.849 bits per heavy atom. The van der Waals surface area contributed by atoms with Crippen molar-refractivity contribution in [2.24, 2.45) is 47.3 Å². The van der Waals surface area contributed by atoms with Crippen molar-refractivity contribution in [3.8, 4) is 0 Å². The topological polar surface area (TPSA) is 248 Å². The minimum absolute atomic E-state index is 0.0241. The van der Waals surface area contributed by atoms with Gasteiger partial charge in [0.05, 0.1) is 39.5 Å². The van der Waals surface area contributed by atoms with Gasteiger partial charge in [0, 0.05) is 93.7 Å². The lowest BCUT2D eigenvalue weighted by molar-refractivity contribution is 0.0516. The molecule has 492 valence electrons. The highest BCUT2D eigenvalue weighted by molar-refractivity contribution is 9.10. The summed E-state index contributed by atoms with van der Waals surface area (Å²) in [7, 11) is 0. The molecule has 8 unspecified atom stereocenters. The number of aliphatic hydroxyl groups is 2. The maximum absolute atomic E-state index is 12.2. The van der Waals surface area contributed by atoms with E-state index >= 15 is 0 Å². The van der Waals surface area contributed by atoms with Crippen molar-refractivity contribution < 1.29 is 39.2 Å². The number of carboxylic acid groups (broad SMARTS) is 1. The Labute approximate surface area is 552 Å². The number of aromatic nitrogens is 10. The van der Waals surface area contributed by atoms with Crippen LogP contribution in [-0.2, 0) is 41.3 Å². The van der Waals surface area contributed by atoms with Gasteiger partial charge in [0.2, 0.25) is 0 Å². The molecule has 4 aliphatic heterocycles. The van der Waals surface area contributed by atoms with Crippen LogP contribution < -0.4 is 19.6 Å². The van der Waals surface area contributed by atoms with Crippen molar-refractivity contribution in [3.05, 3.63) is 151 Å². The molecule has 7 aromatic heterocycles. The van der Waals surface area contributed by atoms with Gasteiger partial charge in [-0.1, -0.05) is 30.8 Å². The highest BCUT2D eigenvalue weighted by Crippen LogP contribution is 2.49. The molecule has 8 fully saturated rings. The summed E-state index contributed by atoms with van der Waals surface area (Å²) < 4.78 is 15.8. The number of aryl methyl sites for hydroxylation is 4. The molecule has 0 aromatic carbocycles. The molecule has 7 aromatic rings. The normalized spacial score (nSPS) is 22.3. The quantitative estimate of drug-likeness (QED) is 0.0676. The zero-order chi connectivity index (χ0) is 65.7. The van der Waals surface area contributed by atoms with Crippen molar-refractivity contribution in [3.63, 3.8) is 0 Å². The van der Waals surface area contributed by atoms with Crippen LogP contribution in [0.1, 0.15) is 148 Å². The summed E-state index contributed by atoms with van der Waals surface area (Å²) in [5, 5.41) is 41.8. The number of carboxylic acids is 1. The number of piperidine rings is 4. The second kappa shape index (κ2) is 26.8. The van der Waals surface area contributed by atoms with E-state index in [1.807, 2.05) is 58.9 Å². The van der Waals surface area contributed by atoms with Gasteiger partial charge in [-0.2, -0.15) is 15.3 Å². The van der Waals surface area contributed by atoms with Gasteiger partial charge >= 0.3 is 17.9 Å². The largest absolute Gasteiger partial charge is 0.478 e. The number of hydrogen-bond donors (Lipinski definition) is 3. The van der Waals surface area contributed by atoms with E-state index in [0.717, 1.165) is 160 Å². The van der Waals surface area contributed by atoms with Gasteiger partial charge in [-0.05, 0) is 203 Å². The van der Waals surface area contributed by atoms with E-state index in [9.17, 15) is 24.6 Å². The van der Waals surface area contributed by atoms with Crippen LogP contribution in [0.5, 0.6) is 0 Å². The number of esters is 2. The third kappa shape index (κ3) is 15.0. The number of rotatable bonds is 18. The Hall–Kier alpha value is -8.02. The van der Waals surface area contributed by atoms with Crippen molar-refractivity contribution in [1.82, 2.24) is 49.3 Å². The van der Waals surface area contributed by atoms with E-state index in [0.29, 0.717) is 54.3 Å². The number of ether oxygens (including phenoxy) is 2. The monoisotopic (exact) mass is 1330 g/mol. The molecule has 23 heteroatoms. The van der Waals surface area contributed by atoms with E-state index in [1.165, 1.54) is 58.8 Å². The van der Waals surface area contributed by atoms with E-state index in [4.69, 9.17) is 29.5 Å². The summed E-state index contributed by atoms with van der Waals surface area (Å²) in [5.41, 5.74) is 9.10. The Morgan fingerprint density at radius 3 is 1.16 bits per heavy atom. The van der Waals surface area contributed by atoms with Gasteiger partial charge in [0.1, 0.15) is 61.6 Å². The van der Waals surface area contributed by atoms with Gasteiger partial charge in [0.25, 0.3) is 0 Å². The van der Waals surface area contributed by atoms with Gasteiger partial charge in [0.15, 0.2) is 0 Å². The second-order valence-corrected chi connectivity index (χ2v) is 28.0. The number of pyridine rings is 4. The van der Waals surface area contributed by atoms with E-state index < -0.39 is 11.6 Å². The van der Waals surface area contributed by atoms with Gasteiger partial charge in [-0.15, -0.1) is 0 Å². The maximum Gasteiger partial charge on any atom is 0.342 e. The lowest BCUT2D eigenvalue weighted by atomic mass is 10.0. The van der Waals surface area contributed by atoms with Crippen LogP contribution in [0.15, 0.2) is 78.3 Å². The lowest BCUT2D eigenvalue weighted by Gasteiger charge is -2.20. The predicted octanol–water partition coefficient (Wildman–Crippen LogP) is 9.69. The minimum Gasteiger partial charge on any atom is -0.478 e. The van der Waals surface area contributed by atoms with Crippen LogP contribution in [0.3, 0.4) is 0 Å². The SMILES string of the molecule is C=C(C)c1nn(Cc2ccc(N3CC4CC4C3)nc2C)cc1C(=O)OCC.CCOC(=O)c1cn(Cc2ccc(N3CC4CC4C3)nc2C)nc1Br.Cc1nc(N2CC3CC3C2)ccc1CO.Cc1nc(N2CC3CC3C2)ccc1Cn1cc(C(=O)O)c(C(C)(C)O)n1.